The molecule has 0 bridgehead atoms. The van der Waals surface area contributed by atoms with E-state index in [4.69, 9.17) is 4.74 Å². The van der Waals surface area contributed by atoms with Crippen LogP contribution in [0.1, 0.15) is 27.2 Å². The van der Waals surface area contributed by atoms with E-state index in [-0.39, 0.29) is 12.0 Å². The number of ether oxygens (including phenoxy) is 1. The lowest BCUT2D eigenvalue weighted by Gasteiger charge is -2.27. The van der Waals surface area contributed by atoms with E-state index < -0.39 is 0 Å². The molecule has 0 aliphatic carbocycles. The summed E-state index contributed by atoms with van der Waals surface area (Å²) < 4.78 is 4.75. The zero-order valence-corrected chi connectivity index (χ0v) is 10.5. The van der Waals surface area contributed by atoms with E-state index in [1.165, 1.54) is 7.11 Å². The molecule has 2 atom stereocenters. The first-order valence-electron chi connectivity index (χ1n) is 5.58. The molecular formula is C11H24N2O2. The van der Waals surface area contributed by atoms with Crippen LogP contribution in [0.5, 0.6) is 0 Å². The van der Waals surface area contributed by atoms with E-state index in [0.717, 1.165) is 13.0 Å². The number of hydrogen-bond acceptors (Lipinski definition) is 4. The number of nitrogens with zero attached hydrogens (tertiary/aromatic N) is 1. The third-order valence-corrected chi connectivity index (χ3v) is 2.75. The fraction of sp³-hybridized carbons (Fsp3) is 0.909. The number of nitrogens with one attached hydrogen (secondary N) is 1. The van der Waals surface area contributed by atoms with Gasteiger partial charge in [-0.15, -0.1) is 0 Å². The maximum atomic E-state index is 11.4. The first-order valence-corrected chi connectivity index (χ1v) is 5.58. The van der Waals surface area contributed by atoms with Crippen LogP contribution in [-0.4, -0.2) is 50.2 Å². The average molecular weight is 216 g/mol. The van der Waals surface area contributed by atoms with Crippen LogP contribution in [0.3, 0.4) is 0 Å². The Bertz CT molecular complexity index is 185. The number of methoxy groups -OCH3 is 1. The Balaban J connectivity index is 4.21. The number of hydrogen-bond donors (Lipinski definition) is 1. The number of carbonyl (C=O) groups excluding carboxylic acids is 1. The van der Waals surface area contributed by atoms with Crippen molar-refractivity contribution in [2.24, 2.45) is 0 Å². The van der Waals surface area contributed by atoms with E-state index in [1.54, 1.807) is 0 Å². The number of esters is 1. The first kappa shape index (κ1) is 14.4. The van der Waals surface area contributed by atoms with Crippen molar-refractivity contribution < 1.29 is 9.53 Å². The third-order valence-electron chi connectivity index (χ3n) is 2.75. The Kier molecular flexibility index (Phi) is 7.34. The predicted molar refractivity (Wildman–Crippen MR) is 61.9 cm³/mol. The second-order valence-corrected chi connectivity index (χ2v) is 3.83. The number of likely N-dealkylation sites (N-methyl/N-ethyl adjacent to an activating group) is 2. The zero-order chi connectivity index (χ0) is 11.8. The van der Waals surface area contributed by atoms with Crippen LogP contribution in [0.2, 0.25) is 0 Å². The molecular weight excluding hydrogens is 192 g/mol. The molecule has 2 unspecified atom stereocenters. The highest BCUT2D eigenvalue weighted by Gasteiger charge is 2.21. The average Bonchev–Trinajstić information content (AvgIpc) is 2.26. The van der Waals surface area contributed by atoms with Crippen LogP contribution in [0.15, 0.2) is 0 Å². The van der Waals surface area contributed by atoms with Gasteiger partial charge in [-0.25, -0.2) is 0 Å². The van der Waals surface area contributed by atoms with Crippen molar-refractivity contribution in [1.29, 1.82) is 0 Å². The topological polar surface area (TPSA) is 41.6 Å². The molecule has 4 heteroatoms. The molecule has 0 aromatic carbocycles. The van der Waals surface area contributed by atoms with Gasteiger partial charge in [0.05, 0.1) is 7.11 Å². The van der Waals surface area contributed by atoms with Gasteiger partial charge in [-0.3, -0.25) is 4.79 Å². The third kappa shape index (κ3) is 5.14. The molecule has 0 aliphatic rings. The van der Waals surface area contributed by atoms with Gasteiger partial charge in [0.2, 0.25) is 0 Å². The Morgan fingerprint density at radius 1 is 1.47 bits per heavy atom. The minimum Gasteiger partial charge on any atom is -0.468 e. The highest BCUT2D eigenvalue weighted by molar-refractivity contribution is 5.75. The molecule has 0 heterocycles. The highest BCUT2D eigenvalue weighted by Crippen LogP contribution is 2.02. The van der Waals surface area contributed by atoms with Crippen LogP contribution >= 0.6 is 0 Å². The largest absolute Gasteiger partial charge is 0.468 e. The molecule has 0 aromatic rings. The fourth-order valence-corrected chi connectivity index (χ4v) is 1.39. The molecule has 4 nitrogen and oxygen atoms in total. The van der Waals surface area contributed by atoms with Gasteiger partial charge in [-0.05, 0) is 26.9 Å². The van der Waals surface area contributed by atoms with Crippen molar-refractivity contribution in [2.75, 3.05) is 27.2 Å². The standard InChI is InChI=1S/C11H24N2O2/c1-6-9(3)13(4)8-10(12-7-2)11(14)15-5/h9-10,12H,6-8H2,1-5H3. The van der Waals surface area contributed by atoms with Gasteiger partial charge in [0.25, 0.3) is 0 Å². The van der Waals surface area contributed by atoms with Crippen LogP contribution in [0.4, 0.5) is 0 Å². The lowest BCUT2D eigenvalue weighted by molar-refractivity contribution is -0.143. The molecule has 0 fully saturated rings. The molecule has 90 valence electrons. The lowest BCUT2D eigenvalue weighted by atomic mass is 10.2. The van der Waals surface area contributed by atoms with Crippen molar-refractivity contribution in [2.45, 2.75) is 39.3 Å². The molecule has 0 radical (unpaired) electrons. The van der Waals surface area contributed by atoms with E-state index in [9.17, 15) is 4.79 Å². The van der Waals surface area contributed by atoms with Crippen LogP contribution in [0.25, 0.3) is 0 Å². The van der Waals surface area contributed by atoms with Crippen molar-refractivity contribution in [1.82, 2.24) is 10.2 Å². The SMILES string of the molecule is CCNC(CN(C)C(C)CC)C(=O)OC. The van der Waals surface area contributed by atoms with Gasteiger partial charge < -0.3 is 15.0 Å². The second-order valence-electron chi connectivity index (χ2n) is 3.83. The van der Waals surface area contributed by atoms with Gasteiger partial charge in [0.15, 0.2) is 0 Å². The van der Waals surface area contributed by atoms with E-state index in [0.29, 0.717) is 12.6 Å². The second kappa shape index (κ2) is 7.65. The Morgan fingerprint density at radius 2 is 2.07 bits per heavy atom. The monoisotopic (exact) mass is 216 g/mol. The van der Waals surface area contributed by atoms with Crippen molar-refractivity contribution >= 4 is 5.97 Å². The zero-order valence-electron chi connectivity index (χ0n) is 10.5. The smallest absolute Gasteiger partial charge is 0.324 e. The molecule has 0 spiro atoms. The molecule has 0 rings (SSSR count). The van der Waals surface area contributed by atoms with Gasteiger partial charge in [0, 0.05) is 12.6 Å². The normalized spacial score (nSPS) is 15.1. The predicted octanol–water partition coefficient (Wildman–Crippen LogP) is 0.868. The van der Waals surface area contributed by atoms with Gasteiger partial charge in [-0.2, -0.15) is 0 Å². The van der Waals surface area contributed by atoms with Gasteiger partial charge in [0.1, 0.15) is 6.04 Å². The summed E-state index contributed by atoms with van der Waals surface area (Å²) in [6, 6.07) is 0.259. The van der Waals surface area contributed by atoms with Crippen molar-refractivity contribution in [3.8, 4) is 0 Å². The van der Waals surface area contributed by atoms with Crippen LogP contribution in [-0.2, 0) is 9.53 Å². The molecule has 0 aliphatic heterocycles. The molecule has 15 heavy (non-hydrogen) atoms. The van der Waals surface area contributed by atoms with Crippen LogP contribution < -0.4 is 5.32 Å². The maximum absolute atomic E-state index is 11.4. The molecule has 0 saturated carbocycles. The Morgan fingerprint density at radius 3 is 2.47 bits per heavy atom. The van der Waals surface area contributed by atoms with Gasteiger partial charge in [-0.1, -0.05) is 13.8 Å². The van der Waals surface area contributed by atoms with Gasteiger partial charge >= 0.3 is 5.97 Å². The van der Waals surface area contributed by atoms with Crippen molar-refractivity contribution in [3.05, 3.63) is 0 Å². The van der Waals surface area contributed by atoms with Crippen LogP contribution in [0, 0.1) is 0 Å². The first-order chi connectivity index (χ1) is 7.06. The molecule has 0 amide bonds. The van der Waals surface area contributed by atoms with E-state index >= 15 is 0 Å². The molecule has 0 saturated heterocycles. The number of rotatable bonds is 7. The Hall–Kier alpha value is -0.610. The lowest BCUT2D eigenvalue weighted by Crippen LogP contribution is -2.47. The fourth-order valence-electron chi connectivity index (χ4n) is 1.39. The maximum Gasteiger partial charge on any atom is 0.324 e. The Labute approximate surface area is 93.0 Å². The summed E-state index contributed by atoms with van der Waals surface area (Å²) in [6.07, 6.45) is 1.08. The summed E-state index contributed by atoms with van der Waals surface area (Å²) in [7, 11) is 3.46. The minimum atomic E-state index is -0.223. The summed E-state index contributed by atoms with van der Waals surface area (Å²) in [5, 5.41) is 3.13. The summed E-state index contributed by atoms with van der Waals surface area (Å²) in [6.45, 7) is 7.74. The summed E-state index contributed by atoms with van der Waals surface area (Å²) in [5.41, 5.74) is 0. The summed E-state index contributed by atoms with van der Waals surface area (Å²) in [4.78, 5) is 13.6. The summed E-state index contributed by atoms with van der Waals surface area (Å²) >= 11 is 0. The van der Waals surface area contributed by atoms with E-state index in [2.05, 4.69) is 24.1 Å². The van der Waals surface area contributed by atoms with Crippen molar-refractivity contribution in [3.63, 3.8) is 0 Å². The summed E-state index contributed by atoms with van der Waals surface area (Å²) in [5.74, 6) is -0.188. The highest BCUT2D eigenvalue weighted by atomic mass is 16.5. The molecule has 1 N–H and O–H groups in total. The minimum absolute atomic E-state index is 0.188. The number of carbonyl (C=O) groups is 1. The van der Waals surface area contributed by atoms with E-state index in [1.807, 2.05) is 14.0 Å². The molecule has 0 aromatic heterocycles. The quantitative estimate of drug-likeness (QED) is 0.641.